The number of esters is 1. The number of nitrogens with zero attached hydrogens (tertiary/aromatic N) is 1. The molecule has 0 spiro atoms. The maximum Gasteiger partial charge on any atom is 0.330 e. The van der Waals surface area contributed by atoms with Crippen molar-refractivity contribution in [3.05, 3.63) is 53.1 Å². The molecule has 2 rings (SSSR count). The highest BCUT2D eigenvalue weighted by Gasteiger charge is 2.11. The number of rotatable bonds is 11. The van der Waals surface area contributed by atoms with Crippen LogP contribution in [0.1, 0.15) is 11.3 Å². The molecule has 0 aliphatic rings. The van der Waals surface area contributed by atoms with Gasteiger partial charge in [-0.2, -0.15) is 0 Å². The van der Waals surface area contributed by atoms with E-state index in [-0.39, 0.29) is 5.82 Å². The number of nitrogens with one attached hydrogen (secondary N) is 1. The van der Waals surface area contributed by atoms with Crippen LogP contribution in [-0.2, 0) is 20.1 Å². The normalized spacial score (nSPS) is 10.8. The smallest absolute Gasteiger partial charge is 0.330 e. The number of ether oxygens (including phenoxy) is 5. The molecule has 176 valence electrons. The van der Waals surface area contributed by atoms with Crippen molar-refractivity contribution in [2.24, 2.45) is 0 Å². The minimum absolute atomic E-state index is 0.248. The zero-order valence-electron chi connectivity index (χ0n) is 19.0. The van der Waals surface area contributed by atoms with Crippen LogP contribution in [-0.4, -0.2) is 52.4 Å². The molecule has 1 aromatic carbocycles. The van der Waals surface area contributed by atoms with Gasteiger partial charge in [0, 0.05) is 30.0 Å². The molecule has 0 fully saturated rings. The molecule has 33 heavy (non-hydrogen) atoms. The molecule has 0 aliphatic heterocycles. The molecule has 0 radical (unpaired) electrons. The maximum absolute atomic E-state index is 12.0. The van der Waals surface area contributed by atoms with Crippen molar-refractivity contribution in [1.29, 1.82) is 0 Å². The van der Waals surface area contributed by atoms with Gasteiger partial charge in [-0.1, -0.05) is 0 Å². The monoisotopic (exact) mass is 474 g/mol. The van der Waals surface area contributed by atoms with Gasteiger partial charge in [0.15, 0.2) is 11.6 Å². The van der Waals surface area contributed by atoms with E-state index in [0.717, 1.165) is 17.7 Å². The lowest BCUT2D eigenvalue weighted by molar-refractivity contribution is -0.135. The van der Waals surface area contributed by atoms with E-state index in [4.69, 9.17) is 18.9 Å². The Morgan fingerprint density at radius 2 is 1.61 bits per heavy atom. The summed E-state index contributed by atoms with van der Waals surface area (Å²) in [5.74, 6) is 1.88. The Morgan fingerprint density at radius 3 is 2.18 bits per heavy atom. The lowest BCUT2D eigenvalue weighted by Gasteiger charge is -2.12. The first-order valence-corrected chi connectivity index (χ1v) is 10.7. The summed E-state index contributed by atoms with van der Waals surface area (Å²) >= 11 is 1.49. The molecule has 10 heteroatoms. The van der Waals surface area contributed by atoms with Gasteiger partial charge in [0.2, 0.25) is 5.91 Å². The maximum atomic E-state index is 12.0. The predicted octanol–water partition coefficient (Wildman–Crippen LogP) is 3.69. The molecule has 0 bridgehead atoms. The second kappa shape index (κ2) is 13.0. The summed E-state index contributed by atoms with van der Waals surface area (Å²) in [4.78, 5) is 27.6. The molecule has 1 heterocycles. The van der Waals surface area contributed by atoms with Gasteiger partial charge in [-0.05, 0) is 23.6 Å². The number of carbonyl (C=O) groups is 2. The van der Waals surface area contributed by atoms with Crippen LogP contribution in [0, 0.1) is 0 Å². The Labute approximate surface area is 196 Å². The Bertz CT molecular complexity index is 1010. The van der Waals surface area contributed by atoms with Crippen molar-refractivity contribution in [3.63, 3.8) is 0 Å². The van der Waals surface area contributed by atoms with E-state index in [1.54, 1.807) is 45.6 Å². The van der Waals surface area contributed by atoms with E-state index in [1.807, 2.05) is 11.5 Å². The molecule has 2 aromatic rings. The van der Waals surface area contributed by atoms with Crippen LogP contribution in [0.5, 0.6) is 23.0 Å². The van der Waals surface area contributed by atoms with Crippen LogP contribution in [0.2, 0.25) is 0 Å². The number of hydrogen-bond acceptors (Lipinski definition) is 9. The summed E-state index contributed by atoms with van der Waals surface area (Å²) in [6, 6.07) is 7.07. The van der Waals surface area contributed by atoms with E-state index in [1.165, 1.54) is 26.0 Å². The van der Waals surface area contributed by atoms with Gasteiger partial charge in [0.05, 0.1) is 46.8 Å². The average molecular weight is 475 g/mol. The number of anilines is 1. The number of aromatic nitrogens is 1. The molecule has 0 unspecified atom stereocenters. The standard InChI is InChI=1S/C23H26N2O7S/c1-28-16-12-19(30-3)17(20(13-16)31-4)10-11-33-14-15-6-7-18(29-2)23(24-15)25-21(26)8-9-22(27)32-5/h6-13H,14H2,1-5H3,(H,24,25,26)/b9-8-,11-10+. The highest BCUT2D eigenvalue weighted by molar-refractivity contribution is 8.01. The number of methoxy groups -OCH3 is 5. The Kier molecular flexibility index (Phi) is 10.1. The SMILES string of the molecule is COC(=O)/C=C\C(=O)Nc1nc(CS/C=C/c2c(OC)cc(OC)cc2OC)ccc1OC. The number of hydrogen-bond donors (Lipinski definition) is 1. The number of thioether (sulfide) groups is 1. The lowest BCUT2D eigenvalue weighted by Crippen LogP contribution is -2.12. The van der Waals surface area contributed by atoms with Crippen LogP contribution in [0.3, 0.4) is 0 Å². The summed E-state index contributed by atoms with van der Waals surface area (Å²) in [6.45, 7) is 0. The molecular formula is C23H26N2O7S. The zero-order chi connectivity index (χ0) is 24.2. The summed E-state index contributed by atoms with van der Waals surface area (Å²) in [5.41, 5.74) is 1.49. The first kappa shape index (κ1) is 25.6. The average Bonchev–Trinajstić information content (AvgIpc) is 2.84. The van der Waals surface area contributed by atoms with E-state index in [2.05, 4.69) is 15.0 Å². The van der Waals surface area contributed by atoms with Gasteiger partial charge in [-0.3, -0.25) is 4.79 Å². The molecule has 1 aromatic heterocycles. The molecule has 1 amide bonds. The van der Waals surface area contributed by atoms with Gasteiger partial charge in [0.1, 0.15) is 17.2 Å². The van der Waals surface area contributed by atoms with Crippen molar-refractivity contribution >= 4 is 35.5 Å². The third-order valence-electron chi connectivity index (χ3n) is 4.26. The molecular weight excluding hydrogens is 448 g/mol. The minimum Gasteiger partial charge on any atom is -0.496 e. The first-order valence-electron chi connectivity index (χ1n) is 9.64. The zero-order valence-corrected chi connectivity index (χ0v) is 19.9. The Hall–Kier alpha value is -3.66. The summed E-state index contributed by atoms with van der Waals surface area (Å²) in [5, 5.41) is 4.50. The fourth-order valence-electron chi connectivity index (χ4n) is 2.64. The number of benzene rings is 1. The second-order valence-corrected chi connectivity index (χ2v) is 7.15. The lowest BCUT2D eigenvalue weighted by atomic mass is 10.1. The minimum atomic E-state index is -0.632. The number of carbonyl (C=O) groups excluding carboxylic acids is 2. The third-order valence-corrected chi connectivity index (χ3v) is 5.06. The van der Waals surface area contributed by atoms with Crippen LogP contribution in [0.25, 0.3) is 6.08 Å². The quantitative estimate of drug-likeness (QED) is 0.386. The van der Waals surface area contributed by atoms with Crippen molar-refractivity contribution < 1.29 is 33.3 Å². The van der Waals surface area contributed by atoms with E-state index < -0.39 is 11.9 Å². The van der Waals surface area contributed by atoms with Crippen LogP contribution in [0.15, 0.2) is 41.8 Å². The molecule has 0 atom stereocenters. The predicted molar refractivity (Wildman–Crippen MR) is 127 cm³/mol. The number of amides is 1. The van der Waals surface area contributed by atoms with E-state index in [9.17, 15) is 9.59 Å². The molecule has 1 N–H and O–H groups in total. The fourth-order valence-corrected chi connectivity index (χ4v) is 3.30. The van der Waals surface area contributed by atoms with E-state index in [0.29, 0.717) is 34.4 Å². The van der Waals surface area contributed by atoms with Crippen LogP contribution in [0.4, 0.5) is 5.82 Å². The van der Waals surface area contributed by atoms with Gasteiger partial charge >= 0.3 is 5.97 Å². The Balaban J connectivity index is 2.11. The van der Waals surface area contributed by atoms with Gasteiger partial charge in [0.25, 0.3) is 0 Å². The fraction of sp³-hybridized carbons (Fsp3) is 0.261. The van der Waals surface area contributed by atoms with Crippen molar-refractivity contribution in [1.82, 2.24) is 4.98 Å². The largest absolute Gasteiger partial charge is 0.496 e. The van der Waals surface area contributed by atoms with Crippen LogP contribution >= 0.6 is 11.8 Å². The summed E-state index contributed by atoms with van der Waals surface area (Å²) < 4.78 is 25.9. The van der Waals surface area contributed by atoms with Gasteiger partial charge in [-0.25, -0.2) is 9.78 Å². The molecule has 0 saturated heterocycles. The highest BCUT2D eigenvalue weighted by atomic mass is 32.2. The van der Waals surface area contributed by atoms with Crippen molar-refractivity contribution in [3.8, 4) is 23.0 Å². The van der Waals surface area contributed by atoms with Crippen molar-refractivity contribution in [2.75, 3.05) is 40.9 Å². The topological polar surface area (TPSA) is 105 Å². The summed E-state index contributed by atoms with van der Waals surface area (Å²) in [6.07, 6.45) is 3.96. The van der Waals surface area contributed by atoms with E-state index >= 15 is 0 Å². The van der Waals surface area contributed by atoms with Crippen LogP contribution < -0.4 is 24.3 Å². The molecule has 0 aliphatic carbocycles. The first-order chi connectivity index (χ1) is 15.9. The second-order valence-electron chi connectivity index (χ2n) is 6.26. The third kappa shape index (κ3) is 7.46. The van der Waals surface area contributed by atoms with Crippen molar-refractivity contribution in [2.45, 2.75) is 5.75 Å². The highest BCUT2D eigenvalue weighted by Crippen LogP contribution is 2.35. The van der Waals surface area contributed by atoms with Gasteiger partial charge in [-0.15, -0.1) is 11.8 Å². The number of pyridine rings is 1. The molecule has 9 nitrogen and oxygen atoms in total. The van der Waals surface area contributed by atoms with Gasteiger partial charge < -0.3 is 29.0 Å². The molecule has 0 saturated carbocycles. The Morgan fingerprint density at radius 1 is 0.939 bits per heavy atom. The summed E-state index contributed by atoms with van der Waals surface area (Å²) in [7, 11) is 7.44.